The van der Waals surface area contributed by atoms with Crippen molar-refractivity contribution >= 4 is 29.0 Å². The van der Waals surface area contributed by atoms with Crippen LogP contribution in [0.2, 0.25) is 0 Å². The minimum absolute atomic E-state index is 0.0392. The van der Waals surface area contributed by atoms with Crippen molar-refractivity contribution in [3.63, 3.8) is 0 Å². The first-order valence-electron chi connectivity index (χ1n) is 8.21. The third-order valence-electron chi connectivity index (χ3n) is 4.03. The molecule has 1 atom stereocenters. The van der Waals surface area contributed by atoms with Crippen molar-refractivity contribution in [2.75, 3.05) is 11.1 Å². The Kier molecular flexibility index (Phi) is 7.01. The number of amides is 1. The molecular formula is C19H22N2O3S. The Bertz CT molecular complexity index is 732. The van der Waals surface area contributed by atoms with Gasteiger partial charge in [0.15, 0.2) is 0 Å². The Morgan fingerprint density at radius 2 is 1.88 bits per heavy atom. The zero-order chi connectivity index (χ0) is 18.2. The van der Waals surface area contributed by atoms with E-state index in [4.69, 9.17) is 0 Å². The van der Waals surface area contributed by atoms with Crippen LogP contribution in [-0.2, 0) is 10.5 Å². The summed E-state index contributed by atoms with van der Waals surface area (Å²) in [7, 11) is 0. The Labute approximate surface area is 152 Å². The van der Waals surface area contributed by atoms with Crippen molar-refractivity contribution in [3.05, 3.63) is 69.8 Å². The van der Waals surface area contributed by atoms with Gasteiger partial charge in [0, 0.05) is 23.6 Å². The molecule has 0 saturated carbocycles. The molecule has 2 aromatic rings. The molecule has 2 aromatic carbocycles. The molecule has 0 saturated heterocycles. The predicted octanol–water partition coefficient (Wildman–Crippen LogP) is 4.98. The lowest BCUT2D eigenvalue weighted by Gasteiger charge is -2.15. The maximum absolute atomic E-state index is 12.2. The smallest absolute Gasteiger partial charge is 0.269 e. The van der Waals surface area contributed by atoms with E-state index >= 15 is 0 Å². The van der Waals surface area contributed by atoms with Crippen LogP contribution in [0.4, 0.5) is 11.4 Å². The summed E-state index contributed by atoms with van der Waals surface area (Å²) < 4.78 is 0. The first-order chi connectivity index (χ1) is 12.0. The summed E-state index contributed by atoms with van der Waals surface area (Å²) in [5.41, 5.74) is 3.06. The molecular weight excluding hydrogens is 336 g/mol. The van der Waals surface area contributed by atoms with Crippen LogP contribution in [0, 0.1) is 10.1 Å². The van der Waals surface area contributed by atoms with Crippen LogP contribution >= 0.6 is 11.8 Å². The number of non-ortho nitro benzene ring substituents is 1. The Morgan fingerprint density at radius 1 is 1.20 bits per heavy atom. The molecule has 0 aromatic heterocycles. The first kappa shape index (κ1) is 19.0. The summed E-state index contributed by atoms with van der Waals surface area (Å²) in [6, 6.07) is 14.3. The van der Waals surface area contributed by atoms with E-state index < -0.39 is 4.92 Å². The van der Waals surface area contributed by atoms with Crippen molar-refractivity contribution in [2.45, 2.75) is 31.9 Å². The van der Waals surface area contributed by atoms with Crippen LogP contribution in [0.25, 0.3) is 0 Å². The van der Waals surface area contributed by atoms with Gasteiger partial charge in [-0.3, -0.25) is 14.9 Å². The highest BCUT2D eigenvalue weighted by Gasteiger charge is 2.11. The van der Waals surface area contributed by atoms with E-state index in [1.165, 1.54) is 23.9 Å². The first-order valence-corrected chi connectivity index (χ1v) is 9.36. The van der Waals surface area contributed by atoms with Crippen LogP contribution in [-0.4, -0.2) is 16.6 Å². The molecule has 1 amide bonds. The normalized spacial score (nSPS) is 11.8. The highest BCUT2D eigenvalue weighted by Crippen LogP contribution is 2.26. The minimum atomic E-state index is -0.418. The maximum Gasteiger partial charge on any atom is 0.269 e. The quantitative estimate of drug-likeness (QED) is 0.533. The molecule has 0 spiro atoms. The largest absolute Gasteiger partial charge is 0.325 e. The number of nitro groups is 1. The topological polar surface area (TPSA) is 72.2 Å². The van der Waals surface area contributed by atoms with E-state index in [1.807, 2.05) is 24.3 Å². The second-order valence-corrected chi connectivity index (χ2v) is 6.85. The molecule has 6 heteroatoms. The SMILES string of the molecule is CC[C@@H](C)c1ccccc1NC(=O)CSCc1ccc([N+](=O)[O-])cc1. The highest BCUT2D eigenvalue weighted by atomic mass is 32.2. The number of carbonyl (C=O) groups is 1. The fourth-order valence-corrected chi connectivity index (χ4v) is 3.21. The van der Waals surface area contributed by atoms with Gasteiger partial charge < -0.3 is 5.32 Å². The van der Waals surface area contributed by atoms with Crippen molar-refractivity contribution in [2.24, 2.45) is 0 Å². The summed E-state index contributed by atoms with van der Waals surface area (Å²) >= 11 is 1.49. The zero-order valence-corrected chi connectivity index (χ0v) is 15.2. The van der Waals surface area contributed by atoms with Gasteiger partial charge in [0.05, 0.1) is 10.7 Å². The molecule has 0 radical (unpaired) electrons. The number of nitro benzene ring substituents is 1. The summed E-state index contributed by atoms with van der Waals surface area (Å²) in [6.07, 6.45) is 1.02. The monoisotopic (exact) mass is 358 g/mol. The molecule has 0 bridgehead atoms. The molecule has 0 fully saturated rings. The number of benzene rings is 2. The van der Waals surface area contributed by atoms with Crippen molar-refractivity contribution < 1.29 is 9.72 Å². The van der Waals surface area contributed by atoms with Crippen molar-refractivity contribution in [3.8, 4) is 0 Å². The Balaban J connectivity index is 1.86. The summed E-state index contributed by atoms with van der Waals surface area (Å²) in [5.74, 6) is 1.33. The van der Waals surface area contributed by atoms with E-state index in [-0.39, 0.29) is 11.6 Å². The summed E-state index contributed by atoms with van der Waals surface area (Å²) in [4.78, 5) is 22.4. The molecule has 132 valence electrons. The van der Waals surface area contributed by atoms with Gasteiger partial charge in [-0.2, -0.15) is 0 Å². The molecule has 0 aliphatic carbocycles. The van der Waals surface area contributed by atoms with Crippen LogP contribution in [0.1, 0.15) is 37.3 Å². The van der Waals surface area contributed by atoms with Crippen LogP contribution < -0.4 is 5.32 Å². The number of rotatable bonds is 8. The second kappa shape index (κ2) is 9.22. The second-order valence-electron chi connectivity index (χ2n) is 5.86. The molecule has 0 unspecified atom stereocenters. The van der Waals surface area contributed by atoms with Gasteiger partial charge in [0.1, 0.15) is 0 Å². The van der Waals surface area contributed by atoms with E-state index in [2.05, 4.69) is 19.2 Å². The number of nitrogens with one attached hydrogen (secondary N) is 1. The molecule has 0 heterocycles. The number of para-hydroxylation sites is 1. The summed E-state index contributed by atoms with van der Waals surface area (Å²) in [6.45, 7) is 4.28. The van der Waals surface area contributed by atoms with Crippen molar-refractivity contribution in [1.82, 2.24) is 0 Å². The lowest BCUT2D eigenvalue weighted by molar-refractivity contribution is -0.384. The van der Waals surface area contributed by atoms with Crippen molar-refractivity contribution in [1.29, 1.82) is 0 Å². The standard InChI is InChI=1S/C19H22N2O3S/c1-3-14(2)17-6-4-5-7-18(17)20-19(22)13-25-12-15-8-10-16(11-9-15)21(23)24/h4-11,14H,3,12-13H2,1-2H3,(H,20,22)/t14-/m1/s1. The van der Waals surface area contributed by atoms with Gasteiger partial charge in [-0.25, -0.2) is 0 Å². The van der Waals surface area contributed by atoms with Gasteiger partial charge in [-0.05, 0) is 29.5 Å². The highest BCUT2D eigenvalue weighted by molar-refractivity contribution is 7.99. The average molecular weight is 358 g/mol. The average Bonchev–Trinajstić information content (AvgIpc) is 2.62. The molecule has 2 rings (SSSR count). The third-order valence-corrected chi connectivity index (χ3v) is 5.03. The van der Waals surface area contributed by atoms with Gasteiger partial charge in [-0.1, -0.05) is 44.2 Å². The minimum Gasteiger partial charge on any atom is -0.325 e. The zero-order valence-electron chi connectivity index (χ0n) is 14.4. The fourth-order valence-electron chi connectivity index (χ4n) is 2.42. The number of nitrogens with zero attached hydrogens (tertiary/aromatic N) is 1. The predicted molar refractivity (Wildman–Crippen MR) is 103 cm³/mol. The summed E-state index contributed by atoms with van der Waals surface area (Å²) in [5, 5.41) is 13.6. The third kappa shape index (κ3) is 5.60. The lowest BCUT2D eigenvalue weighted by atomic mass is 9.97. The number of hydrogen-bond acceptors (Lipinski definition) is 4. The van der Waals surface area contributed by atoms with Crippen LogP contribution in [0.5, 0.6) is 0 Å². The molecule has 0 aliphatic heterocycles. The fraction of sp³-hybridized carbons (Fsp3) is 0.316. The van der Waals surface area contributed by atoms with Gasteiger partial charge in [-0.15, -0.1) is 11.8 Å². The van der Waals surface area contributed by atoms with E-state index in [0.717, 1.165) is 23.2 Å². The van der Waals surface area contributed by atoms with Crippen LogP contribution in [0.15, 0.2) is 48.5 Å². The lowest BCUT2D eigenvalue weighted by Crippen LogP contribution is -2.16. The van der Waals surface area contributed by atoms with Gasteiger partial charge in [0.2, 0.25) is 5.91 Å². The van der Waals surface area contributed by atoms with Gasteiger partial charge in [0.25, 0.3) is 5.69 Å². The van der Waals surface area contributed by atoms with E-state index in [0.29, 0.717) is 17.4 Å². The van der Waals surface area contributed by atoms with Crippen LogP contribution in [0.3, 0.4) is 0 Å². The van der Waals surface area contributed by atoms with E-state index in [1.54, 1.807) is 12.1 Å². The Hall–Kier alpha value is -2.34. The maximum atomic E-state index is 12.2. The number of thioether (sulfide) groups is 1. The number of carbonyl (C=O) groups excluding carboxylic acids is 1. The molecule has 0 aliphatic rings. The molecule has 25 heavy (non-hydrogen) atoms. The van der Waals surface area contributed by atoms with Gasteiger partial charge >= 0.3 is 0 Å². The Morgan fingerprint density at radius 3 is 2.52 bits per heavy atom. The number of anilines is 1. The van der Waals surface area contributed by atoms with E-state index in [9.17, 15) is 14.9 Å². The number of hydrogen-bond donors (Lipinski definition) is 1. The molecule has 1 N–H and O–H groups in total. The molecule has 5 nitrogen and oxygen atoms in total.